The van der Waals surface area contributed by atoms with Gasteiger partial charge in [-0.1, -0.05) is 0 Å². The fourth-order valence-electron chi connectivity index (χ4n) is 2.21. The van der Waals surface area contributed by atoms with Crippen molar-refractivity contribution in [3.8, 4) is 11.5 Å². The van der Waals surface area contributed by atoms with Crippen molar-refractivity contribution in [2.45, 2.75) is 6.42 Å². The van der Waals surface area contributed by atoms with Gasteiger partial charge in [-0.2, -0.15) is 0 Å². The number of amides is 1. The quantitative estimate of drug-likeness (QED) is 0.901. The van der Waals surface area contributed by atoms with Crippen LogP contribution < -0.4 is 4.90 Å². The third-order valence-electron chi connectivity index (χ3n) is 3.26. The zero-order chi connectivity index (χ0) is 14.1. The van der Waals surface area contributed by atoms with Crippen LogP contribution in [0.1, 0.15) is 6.42 Å². The van der Waals surface area contributed by atoms with Crippen molar-refractivity contribution in [2.75, 3.05) is 11.4 Å². The van der Waals surface area contributed by atoms with Crippen LogP contribution in [0, 0.1) is 5.92 Å². The van der Waals surface area contributed by atoms with Crippen molar-refractivity contribution in [3.63, 3.8) is 0 Å². The first-order chi connectivity index (χ1) is 9.65. The highest BCUT2D eigenvalue weighted by Gasteiger charge is 2.34. The van der Waals surface area contributed by atoms with Gasteiger partial charge in [0.05, 0.1) is 5.92 Å². The molecule has 1 aliphatic rings. The van der Waals surface area contributed by atoms with Crippen molar-refractivity contribution in [1.29, 1.82) is 0 Å². The van der Waals surface area contributed by atoms with E-state index in [1.54, 1.807) is 24.3 Å². The van der Waals surface area contributed by atoms with Gasteiger partial charge in [0.2, 0.25) is 18.2 Å². The normalized spacial score (nSPS) is 18.5. The Kier molecular flexibility index (Phi) is 2.94. The fourth-order valence-corrected chi connectivity index (χ4v) is 2.21. The minimum absolute atomic E-state index is 0.0424. The van der Waals surface area contributed by atoms with Crippen LogP contribution in [-0.4, -0.2) is 33.7 Å². The van der Waals surface area contributed by atoms with E-state index in [0.717, 1.165) is 5.56 Å². The number of rotatable bonds is 3. The lowest BCUT2D eigenvalue weighted by Crippen LogP contribution is -2.25. The molecule has 1 saturated heterocycles. The van der Waals surface area contributed by atoms with E-state index in [-0.39, 0.29) is 18.9 Å². The van der Waals surface area contributed by atoms with Crippen LogP contribution in [0.25, 0.3) is 11.5 Å². The first-order valence-corrected chi connectivity index (χ1v) is 6.05. The molecule has 102 valence electrons. The fraction of sp³-hybridized carbons (Fsp3) is 0.231. The Morgan fingerprint density at radius 2 is 2.10 bits per heavy atom. The maximum absolute atomic E-state index is 11.8. The number of aliphatic carboxylic acids is 1. The van der Waals surface area contributed by atoms with Crippen LogP contribution in [0.2, 0.25) is 0 Å². The molecule has 7 nitrogen and oxygen atoms in total. The number of benzene rings is 1. The Balaban J connectivity index is 1.82. The first-order valence-electron chi connectivity index (χ1n) is 6.05. The molecular weight excluding hydrogens is 262 g/mol. The molecule has 0 aliphatic carbocycles. The monoisotopic (exact) mass is 273 g/mol. The highest BCUT2D eigenvalue weighted by Crippen LogP contribution is 2.27. The van der Waals surface area contributed by atoms with Gasteiger partial charge in [-0.15, -0.1) is 10.2 Å². The minimum atomic E-state index is -0.941. The molecule has 3 rings (SSSR count). The second kappa shape index (κ2) is 4.76. The number of nitrogens with zero attached hydrogens (tertiary/aromatic N) is 3. The predicted molar refractivity (Wildman–Crippen MR) is 67.8 cm³/mol. The molecule has 7 heteroatoms. The molecule has 1 N–H and O–H groups in total. The third kappa shape index (κ3) is 2.13. The molecule has 2 aromatic rings. The number of hydrogen-bond donors (Lipinski definition) is 1. The summed E-state index contributed by atoms with van der Waals surface area (Å²) in [5.41, 5.74) is 1.41. The Labute approximate surface area is 113 Å². The second-order valence-corrected chi connectivity index (χ2v) is 4.53. The molecule has 1 aromatic carbocycles. The minimum Gasteiger partial charge on any atom is -0.481 e. The molecule has 1 aliphatic heterocycles. The molecule has 1 fully saturated rings. The van der Waals surface area contributed by atoms with E-state index < -0.39 is 11.9 Å². The van der Waals surface area contributed by atoms with Crippen LogP contribution in [0.4, 0.5) is 5.69 Å². The number of carboxylic acid groups (broad SMARTS) is 1. The maximum atomic E-state index is 11.8. The molecule has 20 heavy (non-hydrogen) atoms. The van der Waals surface area contributed by atoms with E-state index in [0.29, 0.717) is 11.6 Å². The van der Waals surface area contributed by atoms with Gasteiger partial charge < -0.3 is 14.4 Å². The van der Waals surface area contributed by atoms with Gasteiger partial charge in [0.15, 0.2) is 0 Å². The van der Waals surface area contributed by atoms with Crippen molar-refractivity contribution in [1.82, 2.24) is 10.2 Å². The number of aromatic nitrogens is 2. The summed E-state index contributed by atoms with van der Waals surface area (Å²) in [5, 5.41) is 16.3. The predicted octanol–water partition coefficient (Wildman–Crippen LogP) is 1.17. The van der Waals surface area contributed by atoms with Crippen LogP contribution in [0.3, 0.4) is 0 Å². The first kappa shape index (κ1) is 12.3. The SMILES string of the molecule is O=C(O)C1CC(=O)N(c2ccc(-c3nnco3)cc2)C1. The van der Waals surface area contributed by atoms with Gasteiger partial charge in [-0.3, -0.25) is 9.59 Å². The summed E-state index contributed by atoms with van der Waals surface area (Å²) in [6, 6.07) is 6.98. The molecule has 0 radical (unpaired) electrons. The van der Waals surface area contributed by atoms with Gasteiger partial charge in [0, 0.05) is 24.2 Å². The van der Waals surface area contributed by atoms with E-state index in [9.17, 15) is 9.59 Å². The van der Waals surface area contributed by atoms with Crippen molar-refractivity contribution in [2.24, 2.45) is 5.92 Å². The maximum Gasteiger partial charge on any atom is 0.308 e. The Morgan fingerprint density at radius 1 is 1.35 bits per heavy atom. The number of anilines is 1. The van der Waals surface area contributed by atoms with Gasteiger partial charge >= 0.3 is 5.97 Å². The second-order valence-electron chi connectivity index (χ2n) is 4.53. The average Bonchev–Trinajstić information content (AvgIpc) is 3.08. The molecule has 1 aromatic heterocycles. The van der Waals surface area contributed by atoms with Crippen LogP contribution in [-0.2, 0) is 9.59 Å². The number of hydrogen-bond acceptors (Lipinski definition) is 5. The van der Waals surface area contributed by atoms with Crippen LogP contribution >= 0.6 is 0 Å². The zero-order valence-electron chi connectivity index (χ0n) is 10.4. The number of carbonyl (C=O) groups excluding carboxylic acids is 1. The number of carbonyl (C=O) groups is 2. The molecule has 1 unspecified atom stereocenters. The van der Waals surface area contributed by atoms with Gasteiger partial charge in [-0.05, 0) is 24.3 Å². The third-order valence-corrected chi connectivity index (χ3v) is 3.26. The lowest BCUT2D eigenvalue weighted by atomic mass is 10.1. The average molecular weight is 273 g/mol. The van der Waals surface area contributed by atoms with Gasteiger partial charge in [0.1, 0.15) is 0 Å². The van der Waals surface area contributed by atoms with Crippen molar-refractivity contribution in [3.05, 3.63) is 30.7 Å². The van der Waals surface area contributed by atoms with E-state index in [4.69, 9.17) is 9.52 Å². The summed E-state index contributed by atoms with van der Waals surface area (Å²) >= 11 is 0. The largest absolute Gasteiger partial charge is 0.481 e. The highest BCUT2D eigenvalue weighted by molar-refractivity contribution is 5.99. The van der Waals surface area contributed by atoms with Crippen LogP contribution in [0.15, 0.2) is 35.1 Å². The molecule has 2 heterocycles. The summed E-state index contributed by atoms with van der Waals surface area (Å²) in [6.45, 7) is 0.202. The molecule has 1 atom stereocenters. The van der Waals surface area contributed by atoms with E-state index in [1.165, 1.54) is 11.3 Å². The lowest BCUT2D eigenvalue weighted by molar-refractivity contribution is -0.141. The standard InChI is InChI=1S/C13H11N3O4/c17-11-5-9(13(18)19)6-16(11)10-3-1-8(2-4-10)12-15-14-7-20-12/h1-4,7,9H,5-6H2,(H,18,19). The van der Waals surface area contributed by atoms with Gasteiger partial charge in [-0.25, -0.2) is 0 Å². The summed E-state index contributed by atoms with van der Waals surface area (Å²) in [5.74, 6) is -1.36. The Bertz CT molecular complexity index is 636. The van der Waals surface area contributed by atoms with Crippen molar-refractivity contribution >= 4 is 17.6 Å². The summed E-state index contributed by atoms with van der Waals surface area (Å²) in [6.07, 6.45) is 1.28. The smallest absolute Gasteiger partial charge is 0.308 e. The Morgan fingerprint density at radius 3 is 2.65 bits per heavy atom. The van der Waals surface area contributed by atoms with Gasteiger partial charge in [0.25, 0.3) is 0 Å². The van der Waals surface area contributed by atoms with E-state index in [1.807, 2.05) is 0 Å². The molecule has 0 spiro atoms. The molecule has 0 saturated carbocycles. The lowest BCUT2D eigenvalue weighted by Gasteiger charge is -2.16. The molecular formula is C13H11N3O4. The molecule has 0 bridgehead atoms. The van der Waals surface area contributed by atoms with E-state index in [2.05, 4.69) is 10.2 Å². The summed E-state index contributed by atoms with van der Waals surface area (Å²) in [4.78, 5) is 24.2. The molecule has 1 amide bonds. The number of carboxylic acids is 1. The zero-order valence-corrected chi connectivity index (χ0v) is 10.4. The van der Waals surface area contributed by atoms with E-state index >= 15 is 0 Å². The van der Waals surface area contributed by atoms with Crippen molar-refractivity contribution < 1.29 is 19.1 Å². The summed E-state index contributed by atoms with van der Waals surface area (Å²) < 4.78 is 5.07. The summed E-state index contributed by atoms with van der Waals surface area (Å²) in [7, 11) is 0. The topological polar surface area (TPSA) is 96.5 Å². The van der Waals surface area contributed by atoms with Crippen LogP contribution in [0.5, 0.6) is 0 Å². The Hall–Kier alpha value is -2.70. The highest BCUT2D eigenvalue weighted by atomic mass is 16.4.